The molecule has 0 aromatic heterocycles. The highest BCUT2D eigenvalue weighted by Crippen LogP contribution is 2.30. The number of nitrogens with zero attached hydrogens (tertiary/aromatic N) is 1. The summed E-state index contributed by atoms with van der Waals surface area (Å²) in [5, 5.41) is 9.06. The van der Waals surface area contributed by atoms with Crippen LogP contribution in [0, 0.1) is 5.92 Å². The second-order valence-electron chi connectivity index (χ2n) is 5.07. The monoisotopic (exact) mass is 248 g/mol. The summed E-state index contributed by atoms with van der Waals surface area (Å²) in [7, 11) is 1.98. The van der Waals surface area contributed by atoms with E-state index >= 15 is 0 Å². The number of aromatic carboxylic acids is 1. The van der Waals surface area contributed by atoms with E-state index in [9.17, 15) is 4.79 Å². The van der Waals surface area contributed by atoms with Crippen molar-refractivity contribution in [3.63, 3.8) is 0 Å². The number of rotatable bonds is 4. The maximum Gasteiger partial charge on any atom is 0.337 e. The fraction of sp³-hybridized carbons (Fsp3) is 0.500. The van der Waals surface area contributed by atoms with Gasteiger partial charge < -0.3 is 15.7 Å². The highest BCUT2D eigenvalue weighted by atomic mass is 16.4. The second kappa shape index (κ2) is 5.29. The van der Waals surface area contributed by atoms with Gasteiger partial charge in [-0.2, -0.15) is 0 Å². The van der Waals surface area contributed by atoms with E-state index in [0.29, 0.717) is 11.6 Å². The lowest BCUT2D eigenvalue weighted by molar-refractivity contribution is 0.0698. The normalized spacial score (nSPS) is 15.8. The van der Waals surface area contributed by atoms with Gasteiger partial charge in [0, 0.05) is 13.6 Å². The molecule has 4 heteroatoms. The minimum absolute atomic E-state index is 0.186. The topological polar surface area (TPSA) is 66.6 Å². The Hall–Kier alpha value is -1.71. The summed E-state index contributed by atoms with van der Waals surface area (Å²) in [6.45, 7) is 0.952. The van der Waals surface area contributed by atoms with Gasteiger partial charge in [-0.1, -0.05) is 18.9 Å². The third-order valence-electron chi connectivity index (χ3n) is 3.73. The molecule has 0 saturated heterocycles. The molecule has 18 heavy (non-hydrogen) atoms. The molecule has 3 N–H and O–H groups in total. The number of carboxylic acids is 1. The van der Waals surface area contributed by atoms with E-state index in [-0.39, 0.29) is 5.56 Å². The van der Waals surface area contributed by atoms with Gasteiger partial charge in [0.05, 0.1) is 16.9 Å². The van der Waals surface area contributed by atoms with Crippen LogP contribution in [0.5, 0.6) is 0 Å². The van der Waals surface area contributed by atoms with Gasteiger partial charge in [0.15, 0.2) is 0 Å². The van der Waals surface area contributed by atoms with Crippen molar-refractivity contribution in [1.29, 1.82) is 0 Å². The Balaban J connectivity index is 2.16. The van der Waals surface area contributed by atoms with Gasteiger partial charge in [0.1, 0.15) is 0 Å². The predicted molar refractivity (Wildman–Crippen MR) is 73.0 cm³/mol. The predicted octanol–water partition coefficient (Wildman–Crippen LogP) is 2.59. The number of hydrogen-bond acceptors (Lipinski definition) is 3. The molecule has 2 rings (SSSR count). The SMILES string of the molecule is CN(CC1CCCC1)c1cccc(C(=O)O)c1N. The summed E-state index contributed by atoms with van der Waals surface area (Å²) >= 11 is 0. The summed E-state index contributed by atoms with van der Waals surface area (Å²) in [5.41, 5.74) is 7.31. The number of nitrogen functional groups attached to an aromatic ring is 1. The Morgan fingerprint density at radius 2 is 2.11 bits per heavy atom. The summed E-state index contributed by atoms with van der Waals surface area (Å²) in [6.07, 6.45) is 5.15. The van der Waals surface area contributed by atoms with Crippen molar-refractivity contribution in [2.24, 2.45) is 5.92 Å². The highest BCUT2D eigenvalue weighted by Gasteiger charge is 2.19. The van der Waals surface area contributed by atoms with Crippen LogP contribution in [-0.4, -0.2) is 24.7 Å². The first-order chi connectivity index (χ1) is 8.59. The van der Waals surface area contributed by atoms with E-state index in [0.717, 1.165) is 12.2 Å². The molecule has 1 aromatic carbocycles. The molecule has 4 nitrogen and oxygen atoms in total. The Kier molecular flexibility index (Phi) is 3.75. The van der Waals surface area contributed by atoms with Crippen molar-refractivity contribution in [2.45, 2.75) is 25.7 Å². The molecule has 0 spiro atoms. The summed E-state index contributed by atoms with van der Waals surface area (Å²) in [6, 6.07) is 5.18. The molecule has 1 fully saturated rings. The number of benzene rings is 1. The largest absolute Gasteiger partial charge is 0.478 e. The van der Waals surface area contributed by atoms with Gasteiger partial charge in [0.25, 0.3) is 0 Å². The zero-order valence-corrected chi connectivity index (χ0v) is 10.7. The number of nitrogens with two attached hydrogens (primary N) is 1. The molecular weight excluding hydrogens is 228 g/mol. The molecule has 0 amide bonds. The number of para-hydroxylation sites is 1. The van der Waals surface area contributed by atoms with Crippen LogP contribution in [0.25, 0.3) is 0 Å². The van der Waals surface area contributed by atoms with Gasteiger partial charge >= 0.3 is 5.97 Å². The molecule has 0 radical (unpaired) electrons. The molecule has 0 unspecified atom stereocenters. The van der Waals surface area contributed by atoms with Gasteiger partial charge in [-0.3, -0.25) is 0 Å². The molecule has 98 valence electrons. The standard InChI is InChI=1S/C14H20N2O2/c1-16(9-10-5-2-3-6-10)12-8-4-7-11(13(12)15)14(17)18/h4,7-8,10H,2-3,5-6,9,15H2,1H3,(H,17,18). The van der Waals surface area contributed by atoms with Crippen molar-refractivity contribution in [1.82, 2.24) is 0 Å². The maximum absolute atomic E-state index is 11.0. The molecule has 0 aliphatic heterocycles. The third kappa shape index (κ3) is 2.58. The molecule has 0 heterocycles. The molecule has 0 atom stereocenters. The van der Waals surface area contributed by atoms with Crippen molar-refractivity contribution < 1.29 is 9.90 Å². The van der Waals surface area contributed by atoms with Crippen LogP contribution in [-0.2, 0) is 0 Å². The van der Waals surface area contributed by atoms with Gasteiger partial charge in [-0.25, -0.2) is 4.79 Å². The highest BCUT2D eigenvalue weighted by molar-refractivity contribution is 5.97. The van der Waals surface area contributed by atoms with E-state index in [4.69, 9.17) is 10.8 Å². The van der Waals surface area contributed by atoms with Crippen molar-refractivity contribution >= 4 is 17.3 Å². The third-order valence-corrected chi connectivity index (χ3v) is 3.73. The van der Waals surface area contributed by atoms with Crippen LogP contribution in [0.2, 0.25) is 0 Å². The van der Waals surface area contributed by atoms with Crippen molar-refractivity contribution in [3.8, 4) is 0 Å². The smallest absolute Gasteiger partial charge is 0.337 e. The molecule has 0 bridgehead atoms. The summed E-state index contributed by atoms with van der Waals surface area (Å²) in [5.74, 6) is -0.258. The Labute approximate surface area is 107 Å². The zero-order valence-electron chi connectivity index (χ0n) is 10.7. The zero-order chi connectivity index (χ0) is 13.1. The van der Waals surface area contributed by atoms with Crippen LogP contribution in [0.3, 0.4) is 0 Å². The van der Waals surface area contributed by atoms with E-state index in [2.05, 4.69) is 4.90 Å². The lowest BCUT2D eigenvalue weighted by atomic mass is 10.1. The minimum atomic E-state index is -0.969. The number of anilines is 2. The first kappa shape index (κ1) is 12.7. The average Bonchev–Trinajstić information content (AvgIpc) is 2.81. The van der Waals surface area contributed by atoms with Gasteiger partial charge in [0.2, 0.25) is 0 Å². The van der Waals surface area contributed by atoms with Crippen LogP contribution >= 0.6 is 0 Å². The number of carbonyl (C=O) groups is 1. The maximum atomic E-state index is 11.0. The average molecular weight is 248 g/mol. The van der Waals surface area contributed by atoms with Gasteiger partial charge in [-0.05, 0) is 30.9 Å². The molecule has 1 saturated carbocycles. The van der Waals surface area contributed by atoms with E-state index in [1.54, 1.807) is 12.1 Å². The lowest BCUT2D eigenvalue weighted by Gasteiger charge is -2.25. The fourth-order valence-electron chi connectivity index (χ4n) is 2.75. The minimum Gasteiger partial charge on any atom is -0.478 e. The van der Waals surface area contributed by atoms with Crippen LogP contribution in [0.4, 0.5) is 11.4 Å². The Morgan fingerprint density at radius 3 is 2.72 bits per heavy atom. The fourth-order valence-corrected chi connectivity index (χ4v) is 2.75. The molecule has 1 aliphatic rings. The van der Waals surface area contributed by atoms with Crippen molar-refractivity contribution in [3.05, 3.63) is 23.8 Å². The first-order valence-corrected chi connectivity index (χ1v) is 6.42. The van der Waals surface area contributed by atoms with E-state index < -0.39 is 5.97 Å². The van der Waals surface area contributed by atoms with E-state index in [1.807, 2.05) is 13.1 Å². The Morgan fingerprint density at radius 1 is 1.44 bits per heavy atom. The number of hydrogen-bond donors (Lipinski definition) is 2. The Bertz CT molecular complexity index is 439. The van der Waals surface area contributed by atoms with Gasteiger partial charge in [-0.15, -0.1) is 0 Å². The molecule has 1 aromatic rings. The second-order valence-corrected chi connectivity index (χ2v) is 5.07. The van der Waals surface area contributed by atoms with Crippen LogP contribution in [0.15, 0.2) is 18.2 Å². The molecular formula is C14H20N2O2. The van der Waals surface area contributed by atoms with E-state index in [1.165, 1.54) is 25.7 Å². The lowest BCUT2D eigenvalue weighted by Crippen LogP contribution is -2.25. The van der Waals surface area contributed by atoms with Crippen LogP contribution in [0.1, 0.15) is 36.0 Å². The summed E-state index contributed by atoms with van der Waals surface area (Å²) < 4.78 is 0. The first-order valence-electron chi connectivity index (χ1n) is 6.42. The number of carboxylic acid groups (broad SMARTS) is 1. The van der Waals surface area contributed by atoms with Crippen molar-refractivity contribution in [2.75, 3.05) is 24.2 Å². The summed E-state index contributed by atoms with van der Waals surface area (Å²) in [4.78, 5) is 13.1. The quantitative estimate of drug-likeness (QED) is 0.804. The molecule has 1 aliphatic carbocycles. The van der Waals surface area contributed by atoms with Crippen LogP contribution < -0.4 is 10.6 Å².